The molecule has 92 valence electrons. The van der Waals surface area contributed by atoms with Crippen molar-refractivity contribution in [2.24, 2.45) is 0 Å². The quantitative estimate of drug-likeness (QED) is 0.851. The summed E-state index contributed by atoms with van der Waals surface area (Å²) in [6.07, 6.45) is 1.85. The van der Waals surface area contributed by atoms with Crippen molar-refractivity contribution < 1.29 is 14.6 Å². The fourth-order valence-electron chi connectivity index (χ4n) is 2.29. The third-order valence-electron chi connectivity index (χ3n) is 3.47. The summed E-state index contributed by atoms with van der Waals surface area (Å²) < 4.78 is 5.33. The van der Waals surface area contributed by atoms with Gasteiger partial charge in [0.15, 0.2) is 0 Å². The van der Waals surface area contributed by atoms with Crippen LogP contribution in [-0.4, -0.2) is 24.3 Å². The second kappa shape index (κ2) is 4.88. The van der Waals surface area contributed by atoms with Gasteiger partial charge >= 0.3 is 5.97 Å². The Hall–Kier alpha value is -1.35. The van der Waals surface area contributed by atoms with Crippen LogP contribution >= 0.6 is 0 Å². The van der Waals surface area contributed by atoms with Crippen molar-refractivity contribution in [1.82, 2.24) is 0 Å². The third-order valence-corrected chi connectivity index (χ3v) is 3.47. The molecular formula is C14H18O3. The Balaban J connectivity index is 2.03. The van der Waals surface area contributed by atoms with Crippen LogP contribution in [0.1, 0.15) is 30.4 Å². The van der Waals surface area contributed by atoms with E-state index in [1.165, 1.54) is 11.1 Å². The number of carbonyl (C=O) groups is 1. The van der Waals surface area contributed by atoms with Crippen LogP contribution in [0, 0.1) is 6.92 Å². The molecule has 1 fully saturated rings. The van der Waals surface area contributed by atoms with Gasteiger partial charge in [0, 0.05) is 11.8 Å². The lowest BCUT2D eigenvalue weighted by Gasteiger charge is -2.42. The van der Waals surface area contributed by atoms with Crippen molar-refractivity contribution in [3.63, 3.8) is 0 Å². The molecule has 0 radical (unpaired) electrons. The molecule has 0 unspecified atom stereocenters. The van der Waals surface area contributed by atoms with Gasteiger partial charge in [-0.15, -0.1) is 0 Å². The largest absolute Gasteiger partial charge is 0.481 e. The van der Waals surface area contributed by atoms with Crippen molar-refractivity contribution >= 4 is 5.97 Å². The molecule has 1 heterocycles. The standard InChI is InChI=1S/C14H18O3/c1-11-4-6-12(7-5-11)14(9-17-10-14)8-2-3-13(15)16/h4-7H,2-3,8-10H2,1H3,(H,15,16). The Morgan fingerprint density at radius 3 is 2.47 bits per heavy atom. The molecule has 1 aromatic rings. The maximum Gasteiger partial charge on any atom is 0.303 e. The Morgan fingerprint density at radius 1 is 1.35 bits per heavy atom. The van der Waals surface area contributed by atoms with E-state index >= 15 is 0 Å². The first-order valence-corrected chi connectivity index (χ1v) is 5.99. The van der Waals surface area contributed by atoms with Gasteiger partial charge in [-0.3, -0.25) is 4.79 Å². The Kier molecular flexibility index (Phi) is 3.48. The van der Waals surface area contributed by atoms with Gasteiger partial charge in [-0.25, -0.2) is 0 Å². The smallest absolute Gasteiger partial charge is 0.303 e. The average Bonchev–Trinajstić information content (AvgIpc) is 2.23. The van der Waals surface area contributed by atoms with E-state index in [4.69, 9.17) is 9.84 Å². The van der Waals surface area contributed by atoms with E-state index < -0.39 is 5.97 Å². The Bertz CT molecular complexity index is 390. The number of carboxylic acids is 1. The molecule has 3 nitrogen and oxygen atoms in total. The second-order valence-corrected chi connectivity index (χ2v) is 4.89. The molecule has 0 atom stereocenters. The highest BCUT2D eigenvalue weighted by molar-refractivity contribution is 5.66. The van der Waals surface area contributed by atoms with Gasteiger partial charge in [0.1, 0.15) is 0 Å². The van der Waals surface area contributed by atoms with Crippen LogP contribution in [-0.2, 0) is 14.9 Å². The SMILES string of the molecule is Cc1ccc(C2(CCCC(=O)O)COC2)cc1. The number of hydrogen-bond acceptors (Lipinski definition) is 2. The highest BCUT2D eigenvalue weighted by atomic mass is 16.5. The molecule has 0 bridgehead atoms. The molecule has 0 saturated carbocycles. The average molecular weight is 234 g/mol. The van der Waals surface area contributed by atoms with Gasteiger partial charge in [0.25, 0.3) is 0 Å². The summed E-state index contributed by atoms with van der Waals surface area (Å²) in [4.78, 5) is 10.5. The number of ether oxygens (including phenoxy) is 1. The molecule has 1 aliphatic heterocycles. The third kappa shape index (κ3) is 2.67. The van der Waals surface area contributed by atoms with Crippen molar-refractivity contribution in [2.45, 2.75) is 31.6 Å². The molecule has 3 heteroatoms. The predicted molar refractivity (Wildman–Crippen MR) is 65.2 cm³/mol. The van der Waals surface area contributed by atoms with E-state index in [2.05, 4.69) is 31.2 Å². The van der Waals surface area contributed by atoms with Gasteiger partial charge in [0.05, 0.1) is 13.2 Å². The number of benzene rings is 1. The number of aliphatic carboxylic acids is 1. The summed E-state index contributed by atoms with van der Waals surface area (Å²) in [7, 11) is 0. The summed E-state index contributed by atoms with van der Waals surface area (Å²) in [5, 5.41) is 8.68. The normalized spacial score (nSPS) is 17.5. The van der Waals surface area contributed by atoms with Gasteiger partial charge in [-0.2, -0.15) is 0 Å². The van der Waals surface area contributed by atoms with Crippen molar-refractivity contribution in [1.29, 1.82) is 0 Å². The monoisotopic (exact) mass is 234 g/mol. The number of aryl methyl sites for hydroxylation is 1. The van der Waals surface area contributed by atoms with E-state index in [1.54, 1.807) is 0 Å². The number of hydrogen-bond donors (Lipinski definition) is 1. The molecule has 0 aromatic heterocycles. The van der Waals surface area contributed by atoms with E-state index in [-0.39, 0.29) is 11.8 Å². The van der Waals surface area contributed by atoms with E-state index in [1.807, 2.05) is 0 Å². The summed E-state index contributed by atoms with van der Waals surface area (Å²) in [5.74, 6) is -0.718. The van der Waals surface area contributed by atoms with Gasteiger partial charge in [-0.05, 0) is 25.3 Å². The predicted octanol–water partition coefficient (Wildman–Crippen LogP) is 2.52. The molecule has 17 heavy (non-hydrogen) atoms. The molecule has 0 spiro atoms. The summed E-state index contributed by atoms with van der Waals surface area (Å²) >= 11 is 0. The molecule has 1 N–H and O–H groups in total. The molecule has 1 saturated heterocycles. The minimum absolute atomic E-state index is 0.0587. The van der Waals surface area contributed by atoms with Crippen LogP contribution in [0.2, 0.25) is 0 Å². The van der Waals surface area contributed by atoms with Crippen molar-refractivity contribution in [3.8, 4) is 0 Å². The minimum atomic E-state index is -0.718. The Labute approximate surface area is 101 Å². The van der Waals surface area contributed by atoms with Crippen LogP contribution in [0.15, 0.2) is 24.3 Å². The van der Waals surface area contributed by atoms with Crippen LogP contribution < -0.4 is 0 Å². The molecule has 0 amide bonds. The summed E-state index contributed by atoms with van der Waals surface area (Å²) in [6, 6.07) is 8.48. The Morgan fingerprint density at radius 2 is 2.00 bits per heavy atom. The zero-order valence-corrected chi connectivity index (χ0v) is 10.1. The fraction of sp³-hybridized carbons (Fsp3) is 0.500. The first kappa shape index (κ1) is 12.1. The molecular weight excluding hydrogens is 216 g/mol. The molecule has 2 rings (SSSR count). The van der Waals surface area contributed by atoms with Crippen molar-refractivity contribution in [2.75, 3.05) is 13.2 Å². The minimum Gasteiger partial charge on any atom is -0.481 e. The lowest BCUT2D eigenvalue weighted by Crippen LogP contribution is -2.46. The van der Waals surface area contributed by atoms with Gasteiger partial charge in [0.2, 0.25) is 0 Å². The van der Waals surface area contributed by atoms with E-state index in [9.17, 15) is 4.79 Å². The summed E-state index contributed by atoms with van der Waals surface area (Å²) in [5.41, 5.74) is 2.58. The maximum atomic E-state index is 10.5. The number of carboxylic acid groups (broad SMARTS) is 1. The zero-order chi connectivity index (χ0) is 12.3. The van der Waals surface area contributed by atoms with Crippen LogP contribution in [0.4, 0.5) is 0 Å². The van der Waals surface area contributed by atoms with Crippen LogP contribution in [0.5, 0.6) is 0 Å². The molecule has 1 aromatic carbocycles. The highest BCUT2D eigenvalue weighted by Gasteiger charge is 2.39. The van der Waals surface area contributed by atoms with Crippen LogP contribution in [0.25, 0.3) is 0 Å². The molecule has 0 aliphatic carbocycles. The first-order valence-electron chi connectivity index (χ1n) is 5.99. The van der Waals surface area contributed by atoms with E-state index in [0.717, 1.165) is 19.6 Å². The lowest BCUT2D eigenvalue weighted by atomic mass is 9.74. The lowest BCUT2D eigenvalue weighted by molar-refractivity contribution is -0.137. The highest BCUT2D eigenvalue weighted by Crippen LogP contribution is 2.37. The molecule has 1 aliphatic rings. The topological polar surface area (TPSA) is 46.5 Å². The van der Waals surface area contributed by atoms with Crippen LogP contribution in [0.3, 0.4) is 0 Å². The zero-order valence-electron chi connectivity index (χ0n) is 10.1. The fourth-order valence-corrected chi connectivity index (χ4v) is 2.29. The van der Waals surface area contributed by atoms with E-state index in [0.29, 0.717) is 6.42 Å². The maximum absolute atomic E-state index is 10.5. The van der Waals surface area contributed by atoms with Gasteiger partial charge in [-0.1, -0.05) is 29.8 Å². The van der Waals surface area contributed by atoms with Gasteiger partial charge < -0.3 is 9.84 Å². The summed E-state index contributed by atoms with van der Waals surface area (Å²) in [6.45, 7) is 3.50. The van der Waals surface area contributed by atoms with Crippen molar-refractivity contribution in [3.05, 3.63) is 35.4 Å². The number of rotatable bonds is 5. The first-order chi connectivity index (χ1) is 8.12. The second-order valence-electron chi connectivity index (χ2n) is 4.89.